The second kappa shape index (κ2) is 11.2. The van der Waals surface area contributed by atoms with Crippen LogP contribution in [-0.2, 0) is 27.3 Å². The maximum atomic E-state index is 12.4. The zero-order chi connectivity index (χ0) is 23.0. The van der Waals surface area contributed by atoms with Crippen molar-refractivity contribution < 1.29 is 19.0 Å². The van der Waals surface area contributed by atoms with Gasteiger partial charge in [-0.25, -0.2) is 4.79 Å². The van der Waals surface area contributed by atoms with Gasteiger partial charge in [0.05, 0.1) is 13.7 Å². The van der Waals surface area contributed by atoms with E-state index in [4.69, 9.17) is 14.2 Å². The highest BCUT2D eigenvalue weighted by Crippen LogP contribution is 2.36. The Morgan fingerprint density at radius 3 is 2.33 bits per heavy atom. The van der Waals surface area contributed by atoms with E-state index in [-0.39, 0.29) is 18.2 Å². The van der Waals surface area contributed by atoms with Crippen molar-refractivity contribution in [1.29, 1.82) is 0 Å². The van der Waals surface area contributed by atoms with Gasteiger partial charge in [-0.15, -0.1) is 0 Å². The van der Waals surface area contributed by atoms with Crippen molar-refractivity contribution in [3.8, 4) is 5.75 Å². The highest BCUT2D eigenvalue weighted by Gasteiger charge is 2.34. The quantitative estimate of drug-likeness (QED) is 0.360. The first-order valence-electron chi connectivity index (χ1n) is 11.1. The number of cyclic esters (lactones) is 1. The van der Waals surface area contributed by atoms with Crippen LogP contribution in [-0.4, -0.2) is 25.3 Å². The zero-order valence-corrected chi connectivity index (χ0v) is 19.7. The Morgan fingerprint density at radius 1 is 0.909 bits per heavy atom. The van der Waals surface area contributed by atoms with Crippen LogP contribution in [0.5, 0.6) is 5.75 Å². The molecule has 0 N–H and O–H groups in total. The van der Waals surface area contributed by atoms with E-state index in [0.717, 1.165) is 27.5 Å². The lowest BCUT2D eigenvalue weighted by Crippen LogP contribution is -2.38. The smallest absolute Gasteiger partial charge is 0.332 e. The molecule has 1 aliphatic rings. The minimum atomic E-state index is -0.353. The molecule has 5 heteroatoms. The molecule has 4 rings (SSSR count). The maximum Gasteiger partial charge on any atom is 0.332 e. The summed E-state index contributed by atoms with van der Waals surface area (Å²) in [7, 11) is 1.65. The minimum Gasteiger partial charge on any atom is -0.497 e. The zero-order valence-electron chi connectivity index (χ0n) is 18.9. The lowest BCUT2D eigenvalue weighted by Gasteiger charge is -2.32. The average Bonchev–Trinajstić information content (AvgIpc) is 2.84. The van der Waals surface area contributed by atoms with Crippen LogP contribution in [0.3, 0.4) is 0 Å². The Kier molecular flexibility index (Phi) is 7.87. The third-order valence-electron chi connectivity index (χ3n) is 5.55. The predicted molar refractivity (Wildman–Crippen MR) is 131 cm³/mol. The van der Waals surface area contributed by atoms with Gasteiger partial charge in [-0.2, -0.15) is 0 Å². The molecule has 0 fully saturated rings. The highest BCUT2D eigenvalue weighted by molar-refractivity contribution is 8.03. The third kappa shape index (κ3) is 6.50. The molecule has 3 aromatic rings. The number of hydrogen-bond donors (Lipinski definition) is 0. The van der Waals surface area contributed by atoms with Gasteiger partial charge in [-0.1, -0.05) is 71.9 Å². The summed E-state index contributed by atoms with van der Waals surface area (Å²) in [5.41, 5.74) is 3.45. The number of aryl methyl sites for hydroxylation is 2. The summed E-state index contributed by atoms with van der Waals surface area (Å²) in [5, 5.41) is 0. The van der Waals surface area contributed by atoms with Crippen LogP contribution in [0.1, 0.15) is 23.1 Å². The molecule has 3 aromatic carbocycles. The summed E-state index contributed by atoms with van der Waals surface area (Å²) in [6, 6.07) is 26.3. The molecule has 2 atom stereocenters. The SMILES string of the molecule is COc1ccc(CO[C@H]2C(Sc3ccc(C)cc3)=CC(=O)O[C@H]2CCc2ccccc2)cc1. The average molecular weight is 461 g/mol. The molecule has 1 heterocycles. The van der Waals surface area contributed by atoms with E-state index in [0.29, 0.717) is 13.0 Å². The second-order valence-electron chi connectivity index (χ2n) is 8.04. The van der Waals surface area contributed by atoms with Crippen molar-refractivity contribution in [2.75, 3.05) is 7.11 Å². The minimum absolute atomic E-state index is 0.313. The number of thioether (sulfide) groups is 1. The predicted octanol–water partition coefficient (Wildman–Crippen LogP) is 6.12. The van der Waals surface area contributed by atoms with Crippen molar-refractivity contribution >= 4 is 17.7 Å². The van der Waals surface area contributed by atoms with E-state index in [1.807, 2.05) is 42.5 Å². The molecule has 0 unspecified atom stereocenters. The van der Waals surface area contributed by atoms with Crippen molar-refractivity contribution in [3.05, 3.63) is 107 Å². The maximum absolute atomic E-state index is 12.4. The number of carbonyl (C=O) groups excluding carboxylic acids is 1. The molecule has 0 aliphatic carbocycles. The molecule has 0 spiro atoms. The van der Waals surface area contributed by atoms with Gasteiger partial charge >= 0.3 is 5.97 Å². The Morgan fingerprint density at radius 2 is 1.64 bits per heavy atom. The molecule has 4 nitrogen and oxygen atoms in total. The van der Waals surface area contributed by atoms with Crippen LogP contribution in [0, 0.1) is 6.92 Å². The normalized spacial score (nSPS) is 17.9. The van der Waals surface area contributed by atoms with E-state index < -0.39 is 0 Å². The highest BCUT2D eigenvalue weighted by atomic mass is 32.2. The van der Waals surface area contributed by atoms with Gasteiger partial charge in [0.2, 0.25) is 0 Å². The fourth-order valence-corrected chi connectivity index (χ4v) is 4.75. The van der Waals surface area contributed by atoms with E-state index in [9.17, 15) is 4.79 Å². The van der Waals surface area contributed by atoms with Gasteiger partial charge in [-0.05, 0) is 55.2 Å². The van der Waals surface area contributed by atoms with Crippen LogP contribution in [0.25, 0.3) is 0 Å². The Bertz CT molecular complexity index is 1080. The topological polar surface area (TPSA) is 44.8 Å². The molecular formula is C28H28O4S. The van der Waals surface area contributed by atoms with Crippen LogP contribution >= 0.6 is 11.8 Å². The Labute approximate surface area is 199 Å². The van der Waals surface area contributed by atoms with Gasteiger partial charge in [-0.3, -0.25) is 0 Å². The molecule has 33 heavy (non-hydrogen) atoms. The molecule has 0 bridgehead atoms. The summed E-state index contributed by atoms with van der Waals surface area (Å²) in [4.78, 5) is 14.4. The molecule has 0 saturated carbocycles. The second-order valence-corrected chi connectivity index (χ2v) is 9.19. The number of hydrogen-bond acceptors (Lipinski definition) is 5. The van der Waals surface area contributed by atoms with Crippen LogP contribution < -0.4 is 4.74 Å². The summed E-state index contributed by atoms with van der Waals surface area (Å²) in [6.45, 7) is 2.48. The Balaban J connectivity index is 1.53. The van der Waals surface area contributed by atoms with Crippen molar-refractivity contribution in [2.24, 2.45) is 0 Å². The molecule has 0 amide bonds. The summed E-state index contributed by atoms with van der Waals surface area (Å²) < 4.78 is 17.4. The molecule has 0 aromatic heterocycles. The first-order valence-corrected chi connectivity index (χ1v) is 11.9. The molecule has 0 saturated heterocycles. The number of esters is 1. The van der Waals surface area contributed by atoms with Gasteiger partial charge in [0, 0.05) is 15.9 Å². The number of rotatable bonds is 9. The lowest BCUT2D eigenvalue weighted by atomic mass is 10.0. The number of benzene rings is 3. The van der Waals surface area contributed by atoms with E-state index >= 15 is 0 Å². The monoisotopic (exact) mass is 460 g/mol. The summed E-state index contributed by atoms with van der Waals surface area (Å²) in [5.74, 6) is 0.494. The Hall–Kier alpha value is -3.02. The largest absolute Gasteiger partial charge is 0.497 e. The first kappa shape index (κ1) is 23.1. The summed E-state index contributed by atoms with van der Waals surface area (Å²) in [6.07, 6.45) is 2.38. The third-order valence-corrected chi connectivity index (χ3v) is 6.65. The molecule has 1 aliphatic heterocycles. The first-order chi connectivity index (χ1) is 16.1. The lowest BCUT2D eigenvalue weighted by molar-refractivity contribution is -0.153. The van der Waals surface area contributed by atoms with Gasteiger partial charge in [0.1, 0.15) is 18.0 Å². The van der Waals surface area contributed by atoms with Gasteiger partial charge in [0.15, 0.2) is 0 Å². The number of methoxy groups -OCH3 is 1. The fraction of sp³-hybridized carbons (Fsp3) is 0.250. The van der Waals surface area contributed by atoms with Crippen LogP contribution in [0.4, 0.5) is 0 Å². The van der Waals surface area contributed by atoms with Crippen LogP contribution in [0.2, 0.25) is 0 Å². The van der Waals surface area contributed by atoms with Gasteiger partial charge < -0.3 is 14.2 Å². The van der Waals surface area contributed by atoms with Crippen molar-refractivity contribution in [2.45, 2.75) is 43.5 Å². The molecule has 0 radical (unpaired) electrons. The summed E-state index contributed by atoms with van der Waals surface area (Å²) >= 11 is 1.57. The van der Waals surface area contributed by atoms with E-state index in [2.05, 4.69) is 43.3 Å². The van der Waals surface area contributed by atoms with E-state index in [1.54, 1.807) is 24.9 Å². The van der Waals surface area contributed by atoms with E-state index in [1.165, 1.54) is 11.1 Å². The molecule has 170 valence electrons. The van der Waals surface area contributed by atoms with Gasteiger partial charge in [0.25, 0.3) is 0 Å². The van der Waals surface area contributed by atoms with Crippen molar-refractivity contribution in [1.82, 2.24) is 0 Å². The number of carbonyl (C=O) groups is 1. The van der Waals surface area contributed by atoms with Crippen molar-refractivity contribution in [3.63, 3.8) is 0 Å². The molecular weight excluding hydrogens is 432 g/mol. The van der Waals surface area contributed by atoms with Crippen LogP contribution in [0.15, 0.2) is 94.7 Å². The number of ether oxygens (including phenoxy) is 3. The standard InChI is InChI=1S/C28H28O4S/c1-20-8-15-24(16-9-20)33-26-18-27(29)32-25(17-12-21-6-4-3-5-7-21)28(26)31-19-22-10-13-23(30-2)14-11-22/h3-11,13-16,18,25,28H,12,17,19H2,1-2H3/t25-,28+/m0/s1. The fourth-order valence-electron chi connectivity index (χ4n) is 3.72.